The molecule has 0 radical (unpaired) electrons. The van der Waals surface area contributed by atoms with Gasteiger partial charge in [0, 0.05) is 6.04 Å². The summed E-state index contributed by atoms with van der Waals surface area (Å²) in [5.74, 6) is -0.396. The Morgan fingerprint density at radius 1 is 1.48 bits per heavy atom. The van der Waals surface area contributed by atoms with E-state index in [1.54, 1.807) is 0 Å². The third-order valence-electron chi connectivity index (χ3n) is 3.57. The molecule has 2 atom stereocenters. The highest BCUT2D eigenvalue weighted by Crippen LogP contribution is 2.23. The van der Waals surface area contributed by atoms with Crippen LogP contribution in [-0.4, -0.2) is 27.5 Å². The van der Waals surface area contributed by atoms with Crippen LogP contribution in [0.5, 0.6) is 0 Å². The van der Waals surface area contributed by atoms with Gasteiger partial charge < -0.3 is 5.32 Å². The van der Waals surface area contributed by atoms with Crippen molar-refractivity contribution in [1.29, 1.82) is 0 Å². The van der Waals surface area contributed by atoms with Crippen molar-refractivity contribution in [1.82, 2.24) is 10.0 Å². The van der Waals surface area contributed by atoms with Crippen molar-refractivity contribution in [2.24, 2.45) is 5.92 Å². The summed E-state index contributed by atoms with van der Waals surface area (Å²) in [6, 6.07) is 3.09. The van der Waals surface area contributed by atoms with E-state index in [-0.39, 0.29) is 34.3 Å². The molecule has 2 rings (SSSR count). The monoisotopic (exact) mass is 356 g/mol. The summed E-state index contributed by atoms with van der Waals surface area (Å²) in [6.45, 7) is 3.56. The highest BCUT2D eigenvalue weighted by atomic mass is 35.5. The second-order valence-electron chi connectivity index (χ2n) is 5.09. The van der Waals surface area contributed by atoms with Gasteiger partial charge in [0.25, 0.3) is 0 Å². The van der Waals surface area contributed by atoms with Crippen LogP contribution in [0.15, 0.2) is 23.1 Å². The molecule has 8 heteroatoms. The van der Waals surface area contributed by atoms with E-state index in [0.717, 1.165) is 38.1 Å². The van der Waals surface area contributed by atoms with Gasteiger partial charge in [0.1, 0.15) is 10.7 Å². The third kappa shape index (κ3) is 4.79. The minimum Gasteiger partial charge on any atom is -0.316 e. The van der Waals surface area contributed by atoms with Crippen molar-refractivity contribution < 1.29 is 12.8 Å². The van der Waals surface area contributed by atoms with E-state index in [4.69, 9.17) is 11.6 Å². The smallest absolute Gasteiger partial charge is 0.242 e. The SMILES string of the molecule is CC(NS(=O)(=O)c1cc(F)ccc1Cl)C1CCCNC1.Cl. The average molecular weight is 357 g/mol. The van der Waals surface area contributed by atoms with Crippen LogP contribution < -0.4 is 10.0 Å². The molecule has 0 aromatic heterocycles. The van der Waals surface area contributed by atoms with Gasteiger partial charge in [-0.2, -0.15) is 0 Å². The molecule has 2 N–H and O–H groups in total. The Kier molecular flexibility index (Phi) is 6.87. The summed E-state index contributed by atoms with van der Waals surface area (Å²) in [5.41, 5.74) is 0. The number of benzene rings is 1. The predicted molar refractivity (Wildman–Crippen MR) is 84.0 cm³/mol. The fraction of sp³-hybridized carbons (Fsp3) is 0.538. The van der Waals surface area contributed by atoms with Crippen LogP contribution in [0.3, 0.4) is 0 Å². The molecule has 0 aliphatic carbocycles. The first-order valence-corrected chi connectivity index (χ1v) is 8.44. The molecule has 1 aromatic carbocycles. The molecular weight excluding hydrogens is 338 g/mol. The Morgan fingerprint density at radius 2 is 2.19 bits per heavy atom. The molecule has 21 heavy (non-hydrogen) atoms. The first-order chi connectivity index (χ1) is 9.40. The fourth-order valence-electron chi connectivity index (χ4n) is 2.39. The Balaban J connectivity index is 0.00000220. The molecule has 1 fully saturated rings. The molecular formula is C13H19Cl2FN2O2S. The highest BCUT2D eigenvalue weighted by Gasteiger charge is 2.26. The van der Waals surface area contributed by atoms with Crippen LogP contribution >= 0.6 is 24.0 Å². The maximum atomic E-state index is 13.2. The Hall–Kier alpha value is -0.400. The van der Waals surface area contributed by atoms with Gasteiger partial charge >= 0.3 is 0 Å². The second kappa shape index (κ2) is 7.74. The summed E-state index contributed by atoms with van der Waals surface area (Å²) in [7, 11) is -3.81. The van der Waals surface area contributed by atoms with E-state index >= 15 is 0 Å². The molecule has 0 bridgehead atoms. The summed E-state index contributed by atoms with van der Waals surface area (Å²) >= 11 is 5.85. The Morgan fingerprint density at radius 3 is 2.81 bits per heavy atom. The first-order valence-electron chi connectivity index (χ1n) is 6.58. The average Bonchev–Trinajstić information content (AvgIpc) is 2.42. The van der Waals surface area contributed by atoms with E-state index in [1.807, 2.05) is 6.92 Å². The van der Waals surface area contributed by atoms with Crippen LogP contribution in [0.4, 0.5) is 4.39 Å². The fourth-order valence-corrected chi connectivity index (χ4v) is 4.22. The number of hydrogen-bond acceptors (Lipinski definition) is 3. The molecule has 0 saturated carbocycles. The van der Waals surface area contributed by atoms with E-state index in [0.29, 0.717) is 0 Å². The quantitative estimate of drug-likeness (QED) is 0.871. The van der Waals surface area contributed by atoms with Gasteiger partial charge in [0.15, 0.2) is 0 Å². The van der Waals surface area contributed by atoms with Gasteiger partial charge in [-0.1, -0.05) is 11.6 Å². The number of hydrogen-bond donors (Lipinski definition) is 2. The lowest BCUT2D eigenvalue weighted by molar-refractivity contribution is 0.320. The second-order valence-corrected chi connectivity index (χ2v) is 7.18. The van der Waals surface area contributed by atoms with Crippen molar-refractivity contribution in [3.8, 4) is 0 Å². The lowest BCUT2D eigenvalue weighted by Gasteiger charge is -2.28. The normalized spacial score (nSPS) is 20.6. The van der Waals surface area contributed by atoms with Crippen LogP contribution in [0.2, 0.25) is 5.02 Å². The number of sulfonamides is 1. The van der Waals surface area contributed by atoms with E-state index in [1.165, 1.54) is 6.07 Å². The molecule has 1 heterocycles. The maximum Gasteiger partial charge on any atom is 0.242 e. The van der Waals surface area contributed by atoms with Crippen molar-refractivity contribution in [3.63, 3.8) is 0 Å². The van der Waals surface area contributed by atoms with E-state index in [9.17, 15) is 12.8 Å². The van der Waals surface area contributed by atoms with Crippen molar-refractivity contribution in [2.45, 2.75) is 30.7 Å². The van der Waals surface area contributed by atoms with Crippen molar-refractivity contribution >= 4 is 34.0 Å². The van der Waals surface area contributed by atoms with Crippen molar-refractivity contribution in [2.75, 3.05) is 13.1 Å². The third-order valence-corrected chi connectivity index (χ3v) is 5.61. The van der Waals surface area contributed by atoms with Gasteiger partial charge in [-0.25, -0.2) is 17.5 Å². The van der Waals surface area contributed by atoms with E-state index in [2.05, 4.69) is 10.0 Å². The van der Waals surface area contributed by atoms with Crippen LogP contribution in [0, 0.1) is 11.7 Å². The first kappa shape index (κ1) is 18.6. The van der Waals surface area contributed by atoms with Crippen LogP contribution in [-0.2, 0) is 10.0 Å². The Bertz CT molecular complexity index is 578. The minimum atomic E-state index is -3.81. The van der Waals surface area contributed by atoms with Gasteiger partial charge in [0.2, 0.25) is 10.0 Å². The Labute approximate surface area is 135 Å². The molecule has 4 nitrogen and oxygen atoms in total. The number of piperidine rings is 1. The topological polar surface area (TPSA) is 58.2 Å². The van der Waals surface area contributed by atoms with Gasteiger partial charge in [0.05, 0.1) is 5.02 Å². The molecule has 0 amide bonds. The summed E-state index contributed by atoms with van der Waals surface area (Å²) in [6.07, 6.45) is 1.99. The minimum absolute atomic E-state index is 0. The standard InChI is InChI=1S/C13H18ClFN2O2S.ClH/c1-9(10-3-2-6-16-8-10)17-20(18,19)13-7-11(15)4-5-12(13)14;/h4-5,7,9-10,16-17H,2-3,6,8H2,1H3;1H. The summed E-state index contributed by atoms with van der Waals surface area (Å²) in [5, 5.41) is 3.26. The molecule has 1 aromatic rings. The number of halogens is 3. The van der Waals surface area contributed by atoms with Crippen LogP contribution in [0.1, 0.15) is 19.8 Å². The molecule has 120 valence electrons. The zero-order chi connectivity index (χ0) is 14.8. The summed E-state index contributed by atoms with van der Waals surface area (Å²) in [4.78, 5) is -0.213. The largest absolute Gasteiger partial charge is 0.316 e. The van der Waals surface area contributed by atoms with Gasteiger partial charge in [-0.15, -0.1) is 12.4 Å². The lowest BCUT2D eigenvalue weighted by atomic mass is 9.94. The van der Waals surface area contributed by atoms with E-state index < -0.39 is 15.8 Å². The number of rotatable bonds is 4. The lowest BCUT2D eigenvalue weighted by Crippen LogP contribution is -2.44. The molecule has 0 spiro atoms. The summed E-state index contributed by atoms with van der Waals surface area (Å²) < 4.78 is 40.4. The molecule has 1 aliphatic rings. The van der Waals surface area contributed by atoms with Crippen LogP contribution in [0.25, 0.3) is 0 Å². The van der Waals surface area contributed by atoms with Gasteiger partial charge in [-0.05, 0) is 57.0 Å². The zero-order valence-electron chi connectivity index (χ0n) is 11.6. The van der Waals surface area contributed by atoms with Crippen molar-refractivity contribution in [3.05, 3.63) is 29.0 Å². The molecule has 1 saturated heterocycles. The number of nitrogens with one attached hydrogen (secondary N) is 2. The predicted octanol–water partition coefficient (Wildman–Crippen LogP) is 2.57. The van der Waals surface area contributed by atoms with Gasteiger partial charge in [-0.3, -0.25) is 0 Å². The molecule has 1 aliphatic heterocycles. The highest BCUT2D eigenvalue weighted by molar-refractivity contribution is 7.89. The zero-order valence-corrected chi connectivity index (χ0v) is 14.0. The molecule has 2 unspecified atom stereocenters. The maximum absolute atomic E-state index is 13.2.